The Morgan fingerprint density at radius 1 is 1.04 bits per heavy atom. The second-order valence-corrected chi connectivity index (χ2v) is 7.10. The molecule has 1 spiro atoms. The number of rotatable bonds is 3. The maximum absolute atomic E-state index is 12.7. The highest BCUT2D eigenvalue weighted by molar-refractivity contribution is 5.92. The molecule has 0 atom stereocenters. The maximum Gasteiger partial charge on any atom is 0.274 e. The average Bonchev–Trinajstić information content (AvgIpc) is 3.13. The zero-order chi connectivity index (χ0) is 18.9. The van der Waals surface area contributed by atoms with Crippen molar-refractivity contribution < 1.29 is 14.3 Å². The van der Waals surface area contributed by atoms with Crippen LogP contribution in [-0.2, 0) is 9.47 Å². The largest absolute Gasteiger partial charge is 0.347 e. The van der Waals surface area contributed by atoms with E-state index in [9.17, 15) is 4.79 Å². The lowest BCUT2D eigenvalue weighted by molar-refractivity contribution is -0.181. The first-order valence-electron chi connectivity index (χ1n) is 9.30. The van der Waals surface area contributed by atoms with Gasteiger partial charge in [-0.05, 0) is 37.1 Å². The highest BCUT2D eigenvalue weighted by atomic mass is 16.7. The Morgan fingerprint density at radius 2 is 1.70 bits per heavy atom. The van der Waals surface area contributed by atoms with Gasteiger partial charge in [-0.15, -0.1) is 10.2 Å². The summed E-state index contributed by atoms with van der Waals surface area (Å²) in [6.45, 7) is 6.55. The van der Waals surface area contributed by atoms with E-state index in [-0.39, 0.29) is 5.91 Å². The van der Waals surface area contributed by atoms with Crippen LogP contribution in [0.1, 0.15) is 34.5 Å². The molecule has 2 fully saturated rings. The Balaban J connectivity index is 1.41. The Morgan fingerprint density at radius 3 is 2.30 bits per heavy atom. The van der Waals surface area contributed by atoms with E-state index >= 15 is 0 Å². The van der Waals surface area contributed by atoms with Gasteiger partial charge in [-0.3, -0.25) is 4.79 Å². The number of nitrogens with one attached hydrogen (secondary N) is 1. The summed E-state index contributed by atoms with van der Waals surface area (Å²) in [5, 5.41) is 11.6. The number of benzene rings is 1. The van der Waals surface area contributed by atoms with Crippen molar-refractivity contribution in [1.29, 1.82) is 0 Å². The van der Waals surface area contributed by atoms with E-state index in [2.05, 4.69) is 15.5 Å². The molecule has 0 radical (unpaired) electrons. The standard InChI is InChI=1S/C20H24N4O3/c1-14-4-3-5-15(2)18(14)21-17-7-6-16(22-23-17)19(25)24-10-8-20(9-11-24)26-12-13-27-20/h3-7H,8-13H2,1-2H3,(H,21,23). The molecule has 7 nitrogen and oxygen atoms in total. The summed E-state index contributed by atoms with van der Waals surface area (Å²) in [5.41, 5.74) is 3.64. The molecular formula is C20H24N4O3. The van der Waals surface area contributed by atoms with Gasteiger partial charge >= 0.3 is 0 Å². The van der Waals surface area contributed by atoms with Crippen LogP contribution in [0.15, 0.2) is 30.3 Å². The number of piperidine rings is 1. The normalized spacial score (nSPS) is 18.7. The van der Waals surface area contributed by atoms with Crippen LogP contribution in [-0.4, -0.2) is 53.1 Å². The molecule has 2 aliphatic heterocycles. The number of nitrogens with zero attached hydrogens (tertiary/aromatic N) is 3. The lowest BCUT2D eigenvalue weighted by Crippen LogP contribution is -2.47. The number of carbonyl (C=O) groups is 1. The SMILES string of the molecule is Cc1cccc(C)c1Nc1ccc(C(=O)N2CCC3(CC2)OCCO3)nn1. The first-order chi connectivity index (χ1) is 13.1. The second-order valence-electron chi connectivity index (χ2n) is 7.10. The first-order valence-corrected chi connectivity index (χ1v) is 9.30. The number of amides is 1. The fourth-order valence-electron chi connectivity index (χ4n) is 3.65. The Hall–Kier alpha value is -2.51. The third-order valence-corrected chi connectivity index (χ3v) is 5.24. The van der Waals surface area contributed by atoms with Gasteiger partial charge in [0.1, 0.15) is 0 Å². The van der Waals surface area contributed by atoms with Crippen LogP contribution in [0.4, 0.5) is 11.5 Å². The predicted octanol–water partition coefficient (Wildman–Crippen LogP) is 2.82. The molecule has 0 saturated carbocycles. The van der Waals surface area contributed by atoms with E-state index in [1.807, 2.05) is 32.0 Å². The van der Waals surface area contributed by atoms with Crippen molar-refractivity contribution in [3.05, 3.63) is 47.2 Å². The van der Waals surface area contributed by atoms with Crippen molar-refractivity contribution in [1.82, 2.24) is 15.1 Å². The molecule has 3 heterocycles. The number of para-hydroxylation sites is 1. The summed E-state index contributed by atoms with van der Waals surface area (Å²) >= 11 is 0. The lowest BCUT2D eigenvalue weighted by atomic mass is 10.0. The van der Waals surface area contributed by atoms with Gasteiger partial charge in [0.15, 0.2) is 17.3 Å². The Bertz CT molecular complexity index is 801. The number of aromatic nitrogens is 2. The summed E-state index contributed by atoms with van der Waals surface area (Å²) in [5.74, 6) is 0.0324. The lowest BCUT2D eigenvalue weighted by Gasteiger charge is -2.37. The van der Waals surface area contributed by atoms with Crippen LogP contribution in [0.2, 0.25) is 0 Å². The van der Waals surface area contributed by atoms with Crippen LogP contribution in [0.25, 0.3) is 0 Å². The molecule has 0 bridgehead atoms. The van der Waals surface area contributed by atoms with Crippen LogP contribution >= 0.6 is 0 Å². The van der Waals surface area contributed by atoms with E-state index < -0.39 is 5.79 Å². The number of ether oxygens (including phenoxy) is 2. The molecule has 0 aliphatic carbocycles. The van der Waals surface area contributed by atoms with Crippen molar-refractivity contribution in [2.24, 2.45) is 0 Å². The van der Waals surface area contributed by atoms with Gasteiger partial charge in [-0.1, -0.05) is 18.2 Å². The molecule has 1 aromatic carbocycles. The molecule has 0 unspecified atom stereocenters. The molecule has 1 N–H and O–H groups in total. The molecule has 4 rings (SSSR count). The van der Waals surface area contributed by atoms with Crippen LogP contribution in [0.3, 0.4) is 0 Å². The molecule has 1 aromatic heterocycles. The summed E-state index contributed by atoms with van der Waals surface area (Å²) in [6, 6.07) is 9.62. The van der Waals surface area contributed by atoms with Crippen LogP contribution in [0, 0.1) is 13.8 Å². The maximum atomic E-state index is 12.7. The number of aryl methyl sites for hydroxylation is 2. The molecule has 2 aromatic rings. The highest BCUT2D eigenvalue weighted by Gasteiger charge is 2.41. The number of hydrogen-bond acceptors (Lipinski definition) is 6. The smallest absolute Gasteiger partial charge is 0.274 e. The zero-order valence-corrected chi connectivity index (χ0v) is 15.7. The summed E-state index contributed by atoms with van der Waals surface area (Å²) in [7, 11) is 0. The number of carbonyl (C=O) groups excluding carboxylic acids is 1. The average molecular weight is 368 g/mol. The number of likely N-dealkylation sites (tertiary alicyclic amines) is 1. The summed E-state index contributed by atoms with van der Waals surface area (Å²) < 4.78 is 11.4. The predicted molar refractivity (Wildman–Crippen MR) is 101 cm³/mol. The van der Waals surface area contributed by atoms with Crippen molar-refractivity contribution in [3.63, 3.8) is 0 Å². The van der Waals surface area contributed by atoms with Crippen molar-refractivity contribution in [2.75, 3.05) is 31.6 Å². The monoisotopic (exact) mass is 368 g/mol. The zero-order valence-electron chi connectivity index (χ0n) is 15.7. The Labute approximate surface area is 158 Å². The van der Waals surface area contributed by atoms with Gasteiger partial charge < -0.3 is 19.7 Å². The van der Waals surface area contributed by atoms with Gasteiger partial charge in [-0.2, -0.15) is 0 Å². The third kappa shape index (κ3) is 3.65. The van der Waals surface area contributed by atoms with E-state index in [4.69, 9.17) is 9.47 Å². The van der Waals surface area contributed by atoms with E-state index in [0.29, 0.717) is 50.7 Å². The minimum Gasteiger partial charge on any atom is -0.347 e. The van der Waals surface area contributed by atoms with Crippen molar-refractivity contribution >= 4 is 17.4 Å². The van der Waals surface area contributed by atoms with E-state index in [1.54, 1.807) is 17.0 Å². The highest BCUT2D eigenvalue weighted by Crippen LogP contribution is 2.31. The number of hydrogen-bond donors (Lipinski definition) is 1. The second kappa shape index (κ2) is 7.25. The van der Waals surface area contributed by atoms with Gasteiger partial charge in [0, 0.05) is 31.6 Å². The summed E-state index contributed by atoms with van der Waals surface area (Å²) in [4.78, 5) is 14.5. The molecule has 7 heteroatoms. The van der Waals surface area contributed by atoms with Gasteiger partial charge in [0.05, 0.1) is 13.2 Å². The molecule has 1 amide bonds. The minimum absolute atomic E-state index is 0.103. The molecule has 142 valence electrons. The van der Waals surface area contributed by atoms with Gasteiger partial charge in [-0.25, -0.2) is 0 Å². The first kappa shape index (κ1) is 17.9. The van der Waals surface area contributed by atoms with Crippen LogP contribution in [0.5, 0.6) is 0 Å². The quantitative estimate of drug-likeness (QED) is 0.898. The third-order valence-electron chi connectivity index (χ3n) is 5.24. The van der Waals surface area contributed by atoms with Crippen molar-refractivity contribution in [2.45, 2.75) is 32.5 Å². The number of anilines is 2. The molecule has 2 aliphatic rings. The van der Waals surface area contributed by atoms with Crippen LogP contribution < -0.4 is 5.32 Å². The van der Waals surface area contributed by atoms with Gasteiger partial charge in [0.2, 0.25) is 0 Å². The molecule has 27 heavy (non-hydrogen) atoms. The fourth-order valence-corrected chi connectivity index (χ4v) is 3.65. The fraction of sp³-hybridized carbons (Fsp3) is 0.450. The van der Waals surface area contributed by atoms with E-state index in [1.165, 1.54) is 0 Å². The van der Waals surface area contributed by atoms with E-state index in [0.717, 1.165) is 16.8 Å². The molecule has 2 saturated heterocycles. The Kier molecular flexibility index (Phi) is 4.80. The van der Waals surface area contributed by atoms with Gasteiger partial charge in [0.25, 0.3) is 5.91 Å². The topological polar surface area (TPSA) is 76.6 Å². The van der Waals surface area contributed by atoms with Crippen molar-refractivity contribution in [3.8, 4) is 0 Å². The summed E-state index contributed by atoms with van der Waals surface area (Å²) in [6.07, 6.45) is 1.39. The minimum atomic E-state index is -0.484. The molecular weight excluding hydrogens is 344 g/mol.